The Hall–Kier alpha value is 0. The lowest BCUT2D eigenvalue weighted by molar-refractivity contribution is -0.0950. The van der Waals surface area contributed by atoms with Crippen LogP contribution in [-0.2, 0) is 0 Å². The highest BCUT2D eigenvalue weighted by atomic mass is 14.6. The van der Waals surface area contributed by atoms with Crippen LogP contribution in [0.5, 0.6) is 0 Å². The van der Waals surface area contributed by atoms with Gasteiger partial charge in [-0.25, -0.2) is 0 Å². The molecule has 4 aliphatic rings. The molecule has 0 amide bonds. The molecule has 8 unspecified atom stereocenters. The third-order valence-corrected chi connectivity index (χ3v) is 9.85. The summed E-state index contributed by atoms with van der Waals surface area (Å²) in [5, 5.41) is 0. The third-order valence-electron chi connectivity index (χ3n) is 9.85. The molecule has 25 heavy (non-hydrogen) atoms. The minimum absolute atomic E-state index is 0.723. The van der Waals surface area contributed by atoms with Crippen molar-refractivity contribution in [2.75, 3.05) is 0 Å². The van der Waals surface area contributed by atoms with Crippen molar-refractivity contribution in [3.8, 4) is 0 Å². The molecule has 0 bridgehead atoms. The molecule has 0 spiro atoms. The van der Waals surface area contributed by atoms with Crippen molar-refractivity contribution in [3.05, 3.63) is 0 Å². The van der Waals surface area contributed by atoms with Gasteiger partial charge in [-0.1, -0.05) is 53.4 Å². The maximum atomic E-state index is 2.74. The Morgan fingerprint density at radius 1 is 0.840 bits per heavy atom. The molecule has 4 saturated carbocycles. The highest BCUT2D eigenvalue weighted by molar-refractivity contribution is 5.05. The van der Waals surface area contributed by atoms with E-state index in [2.05, 4.69) is 27.7 Å². The molecular weight excluding hydrogens is 300 g/mol. The van der Waals surface area contributed by atoms with Crippen LogP contribution < -0.4 is 0 Å². The van der Waals surface area contributed by atoms with E-state index in [1.165, 1.54) is 25.7 Å². The summed E-state index contributed by atoms with van der Waals surface area (Å²) in [5.74, 6) is 8.43. The highest BCUT2D eigenvalue weighted by Crippen LogP contribution is 2.64. The minimum atomic E-state index is 0.723. The van der Waals surface area contributed by atoms with Gasteiger partial charge in [0.05, 0.1) is 0 Å². The molecule has 0 radical (unpaired) electrons. The van der Waals surface area contributed by atoms with E-state index in [9.17, 15) is 0 Å². The van der Waals surface area contributed by atoms with Crippen molar-refractivity contribution in [3.63, 3.8) is 0 Å². The fourth-order valence-corrected chi connectivity index (χ4v) is 8.49. The predicted molar refractivity (Wildman–Crippen MR) is 108 cm³/mol. The maximum Gasteiger partial charge on any atom is -0.0266 e. The zero-order chi connectivity index (χ0) is 17.6. The Morgan fingerprint density at radius 3 is 2.44 bits per heavy atom. The first kappa shape index (κ1) is 18.4. The molecule has 0 aromatic heterocycles. The van der Waals surface area contributed by atoms with Gasteiger partial charge in [-0.05, 0) is 104 Å². The Labute approximate surface area is 157 Å². The van der Waals surface area contributed by atoms with Crippen molar-refractivity contribution in [2.45, 2.75) is 105 Å². The summed E-state index contributed by atoms with van der Waals surface area (Å²) in [5.41, 5.74) is 0.723. The summed E-state index contributed by atoms with van der Waals surface area (Å²) in [4.78, 5) is 0. The Kier molecular flexibility index (Phi) is 5.29. The van der Waals surface area contributed by atoms with Gasteiger partial charge < -0.3 is 0 Å². The van der Waals surface area contributed by atoms with E-state index in [0.29, 0.717) is 0 Å². The summed E-state index contributed by atoms with van der Waals surface area (Å²) in [6, 6.07) is 0. The van der Waals surface area contributed by atoms with Gasteiger partial charge in [-0.15, -0.1) is 0 Å². The van der Waals surface area contributed by atoms with Crippen LogP contribution in [-0.4, -0.2) is 0 Å². The summed E-state index contributed by atoms with van der Waals surface area (Å²) >= 11 is 0. The predicted octanol–water partition coefficient (Wildman–Crippen LogP) is 7.72. The fourth-order valence-electron chi connectivity index (χ4n) is 8.49. The van der Waals surface area contributed by atoms with Crippen LogP contribution in [0.1, 0.15) is 105 Å². The topological polar surface area (TPSA) is 0 Å². The van der Waals surface area contributed by atoms with Crippen molar-refractivity contribution in [2.24, 2.45) is 52.8 Å². The standard InChI is InChI=1S/C25H44/c1-17(2)8-9-18(3)21-13-10-19-11-15-23-22(24(19)21)14-12-20-7-5-6-16-25(20,23)4/h17-24H,5-16H2,1-4H3. The third kappa shape index (κ3) is 3.23. The van der Waals surface area contributed by atoms with E-state index >= 15 is 0 Å². The summed E-state index contributed by atoms with van der Waals surface area (Å²) < 4.78 is 0. The number of rotatable bonds is 4. The lowest BCUT2D eigenvalue weighted by Crippen LogP contribution is -2.51. The van der Waals surface area contributed by atoms with E-state index < -0.39 is 0 Å². The molecule has 4 aliphatic carbocycles. The number of hydrogen-bond acceptors (Lipinski definition) is 0. The molecule has 144 valence electrons. The van der Waals surface area contributed by atoms with Crippen LogP contribution in [0.25, 0.3) is 0 Å². The molecule has 4 rings (SSSR count). The second-order valence-electron chi connectivity index (χ2n) is 11.4. The second kappa shape index (κ2) is 7.20. The van der Waals surface area contributed by atoms with E-state index in [4.69, 9.17) is 0 Å². The average molecular weight is 345 g/mol. The first-order valence-electron chi connectivity index (χ1n) is 12.0. The molecule has 0 heterocycles. The number of hydrogen-bond donors (Lipinski definition) is 0. The van der Waals surface area contributed by atoms with Crippen LogP contribution >= 0.6 is 0 Å². The summed E-state index contributed by atoms with van der Waals surface area (Å²) in [6.45, 7) is 10.2. The van der Waals surface area contributed by atoms with Gasteiger partial charge >= 0.3 is 0 Å². The van der Waals surface area contributed by atoms with E-state index in [-0.39, 0.29) is 0 Å². The van der Waals surface area contributed by atoms with Crippen LogP contribution in [0.3, 0.4) is 0 Å². The molecule has 0 saturated heterocycles. The zero-order valence-electron chi connectivity index (χ0n) is 17.6. The lowest BCUT2D eigenvalue weighted by atomic mass is 9.46. The molecule has 0 aromatic carbocycles. The van der Waals surface area contributed by atoms with Crippen LogP contribution in [0, 0.1) is 52.8 Å². The molecular formula is C25H44. The highest BCUT2D eigenvalue weighted by Gasteiger charge is 2.56. The molecule has 0 nitrogen and oxygen atoms in total. The SMILES string of the molecule is CC(C)CCC(C)C1CCC2CCC3C(CCC4CCCCC43C)C21. The lowest BCUT2D eigenvalue weighted by Gasteiger charge is -2.59. The minimum Gasteiger partial charge on any atom is -0.0628 e. The zero-order valence-corrected chi connectivity index (χ0v) is 17.6. The van der Waals surface area contributed by atoms with Gasteiger partial charge in [0.15, 0.2) is 0 Å². The van der Waals surface area contributed by atoms with E-state index in [0.717, 1.165) is 52.8 Å². The van der Waals surface area contributed by atoms with Gasteiger partial charge in [0, 0.05) is 0 Å². The Bertz CT molecular complexity index is 451. The molecule has 8 atom stereocenters. The summed E-state index contributed by atoms with van der Waals surface area (Å²) in [7, 11) is 0. The average Bonchev–Trinajstić information content (AvgIpc) is 3.03. The van der Waals surface area contributed by atoms with Crippen LogP contribution in [0.2, 0.25) is 0 Å². The first-order valence-corrected chi connectivity index (χ1v) is 12.0. The quantitative estimate of drug-likeness (QED) is 0.489. The van der Waals surface area contributed by atoms with Gasteiger partial charge in [-0.2, -0.15) is 0 Å². The molecule has 0 aromatic rings. The van der Waals surface area contributed by atoms with E-state index in [1.54, 1.807) is 51.4 Å². The molecule has 4 fully saturated rings. The van der Waals surface area contributed by atoms with Gasteiger partial charge in [0.2, 0.25) is 0 Å². The second-order valence-corrected chi connectivity index (χ2v) is 11.4. The van der Waals surface area contributed by atoms with Crippen LogP contribution in [0.15, 0.2) is 0 Å². The first-order chi connectivity index (χ1) is 12.0. The Balaban J connectivity index is 1.51. The van der Waals surface area contributed by atoms with Crippen molar-refractivity contribution >= 4 is 0 Å². The Morgan fingerprint density at radius 2 is 1.64 bits per heavy atom. The van der Waals surface area contributed by atoms with Gasteiger partial charge in [0.1, 0.15) is 0 Å². The monoisotopic (exact) mass is 344 g/mol. The van der Waals surface area contributed by atoms with Crippen LogP contribution in [0.4, 0.5) is 0 Å². The summed E-state index contributed by atoms with van der Waals surface area (Å²) in [6.07, 6.45) is 18.6. The molecule has 0 heteroatoms. The molecule has 0 N–H and O–H groups in total. The largest absolute Gasteiger partial charge is 0.0628 e. The van der Waals surface area contributed by atoms with Crippen molar-refractivity contribution in [1.29, 1.82) is 0 Å². The smallest absolute Gasteiger partial charge is 0.0266 e. The molecule has 0 aliphatic heterocycles. The van der Waals surface area contributed by atoms with Crippen molar-refractivity contribution < 1.29 is 0 Å². The van der Waals surface area contributed by atoms with E-state index in [1.807, 2.05) is 0 Å². The van der Waals surface area contributed by atoms with Gasteiger partial charge in [0.25, 0.3) is 0 Å². The fraction of sp³-hybridized carbons (Fsp3) is 1.00. The van der Waals surface area contributed by atoms with Gasteiger partial charge in [-0.3, -0.25) is 0 Å². The number of fused-ring (bicyclic) bond motifs is 5. The maximum absolute atomic E-state index is 2.74. The normalized spacial score (nSPS) is 47.9. The van der Waals surface area contributed by atoms with Crippen molar-refractivity contribution in [1.82, 2.24) is 0 Å².